The van der Waals surface area contributed by atoms with Crippen LogP contribution < -0.4 is 5.73 Å². The van der Waals surface area contributed by atoms with Crippen molar-refractivity contribution in [2.45, 2.75) is 35.3 Å². The zero-order valence-corrected chi connectivity index (χ0v) is 19.5. The van der Waals surface area contributed by atoms with Gasteiger partial charge in [-0.3, -0.25) is 11.1 Å². The van der Waals surface area contributed by atoms with Crippen LogP contribution in [0.1, 0.15) is 42.3 Å². The van der Waals surface area contributed by atoms with Crippen LogP contribution in [-0.4, -0.2) is 5.90 Å². The van der Waals surface area contributed by atoms with Crippen molar-refractivity contribution in [1.29, 1.82) is 5.41 Å². The molecule has 4 aromatic rings. The van der Waals surface area contributed by atoms with Crippen LogP contribution in [-0.2, 0) is 10.2 Å². The van der Waals surface area contributed by atoms with E-state index in [4.69, 9.17) is 15.9 Å². The maximum absolute atomic E-state index is 8.37. The summed E-state index contributed by atoms with van der Waals surface area (Å²) in [5, 5.41) is 8.37. The maximum atomic E-state index is 8.37. The van der Waals surface area contributed by atoms with E-state index in [0.717, 1.165) is 11.1 Å². The molecule has 0 aliphatic carbocycles. The minimum atomic E-state index is -0.669. The second-order valence-corrected chi connectivity index (χ2v) is 9.84. The van der Waals surface area contributed by atoms with Gasteiger partial charge in [0.05, 0.1) is 0 Å². The molecule has 0 saturated carbocycles. The first-order valence-electron chi connectivity index (χ1n) is 11.0. The lowest BCUT2D eigenvalue weighted by Crippen LogP contribution is -2.24. The highest BCUT2D eigenvalue weighted by molar-refractivity contribution is 7.99. The smallest absolute Gasteiger partial charge is 0.215 e. The molecule has 1 heterocycles. The molecule has 164 valence electrons. The molecule has 0 radical (unpaired) electrons. The third kappa shape index (κ3) is 3.97. The summed E-state index contributed by atoms with van der Waals surface area (Å²) in [6.45, 7) is 4.60. The number of nitrogens with one attached hydrogen (secondary N) is 1. The van der Waals surface area contributed by atoms with E-state index < -0.39 is 6.23 Å². The number of hydrogen-bond acceptors (Lipinski definition) is 4. The van der Waals surface area contributed by atoms with E-state index in [1.807, 2.05) is 54.2 Å². The Labute approximate surface area is 199 Å². The van der Waals surface area contributed by atoms with Crippen LogP contribution in [0.3, 0.4) is 0 Å². The van der Waals surface area contributed by atoms with Crippen molar-refractivity contribution in [2.75, 3.05) is 0 Å². The van der Waals surface area contributed by atoms with Gasteiger partial charge >= 0.3 is 0 Å². The van der Waals surface area contributed by atoms with Crippen molar-refractivity contribution in [3.63, 3.8) is 0 Å². The van der Waals surface area contributed by atoms with Crippen LogP contribution in [0, 0.1) is 5.41 Å². The summed E-state index contributed by atoms with van der Waals surface area (Å²) in [6.07, 6.45) is -0.669. The van der Waals surface area contributed by atoms with Crippen LogP contribution in [0.15, 0.2) is 107 Å². The van der Waals surface area contributed by atoms with Crippen LogP contribution in [0.5, 0.6) is 0 Å². The van der Waals surface area contributed by atoms with E-state index in [1.165, 1.54) is 26.5 Å². The minimum Gasteiger partial charge on any atom is -0.454 e. The molecule has 1 aliphatic heterocycles. The van der Waals surface area contributed by atoms with E-state index in [2.05, 4.69) is 68.4 Å². The van der Waals surface area contributed by atoms with Crippen molar-refractivity contribution in [2.24, 2.45) is 5.73 Å². The van der Waals surface area contributed by atoms with E-state index in [1.54, 1.807) is 0 Å². The third-order valence-corrected chi connectivity index (χ3v) is 7.40. The van der Waals surface area contributed by atoms with Crippen LogP contribution in [0.4, 0.5) is 0 Å². The molecule has 4 aromatic carbocycles. The molecule has 1 atom stereocenters. The molecule has 5 rings (SSSR count). The Balaban J connectivity index is 1.44. The lowest BCUT2D eigenvalue weighted by Gasteiger charge is -2.36. The monoisotopic (exact) mass is 450 g/mol. The molecular formula is C29H26N2OS. The average Bonchev–Trinajstić information content (AvgIpc) is 2.84. The van der Waals surface area contributed by atoms with Crippen molar-refractivity contribution in [3.05, 3.63) is 119 Å². The normalized spacial score (nSPS) is 14.6. The van der Waals surface area contributed by atoms with Gasteiger partial charge in [-0.05, 0) is 46.5 Å². The maximum Gasteiger partial charge on any atom is 0.215 e. The van der Waals surface area contributed by atoms with Crippen LogP contribution in [0.25, 0.3) is 11.1 Å². The molecule has 0 amide bonds. The van der Waals surface area contributed by atoms with Crippen molar-refractivity contribution in [1.82, 2.24) is 0 Å². The van der Waals surface area contributed by atoms with Gasteiger partial charge in [0.25, 0.3) is 0 Å². The highest BCUT2D eigenvalue weighted by Crippen LogP contribution is 2.51. The first-order valence-corrected chi connectivity index (χ1v) is 11.8. The van der Waals surface area contributed by atoms with Gasteiger partial charge in [0.2, 0.25) is 5.90 Å². The zero-order valence-electron chi connectivity index (χ0n) is 18.7. The Hall–Kier alpha value is -3.34. The molecule has 0 spiro atoms. The standard InChI is InChI=1S/C29H26N2OS/c1-29(2)23-12-6-7-13-24(23)33-25-14-8-11-22(26(25)29)19-15-17-21(18-16-19)28(31)32-27(30)20-9-4-3-5-10-20/h3-18,27,31H,30H2,1-2H3. The summed E-state index contributed by atoms with van der Waals surface area (Å²) in [7, 11) is 0. The Morgan fingerprint density at radius 3 is 2.24 bits per heavy atom. The van der Waals surface area contributed by atoms with E-state index in [0.29, 0.717) is 5.56 Å². The Bertz CT molecular complexity index is 1310. The van der Waals surface area contributed by atoms with Gasteiger partial charge in [0.15, 0.2) is 6.23 Å². The summed E-state index contributed by atoms with van der Waals surface area (Å²) in [6, 6.07) is 32.8. The van der Waals surface area contributed by atoms with E-state index in [9.17, 15) is 0 Å². The average molecular weight is 451 g/mol. The van der Waals surface area contributed by atoms with E-state index in [-0.39, 0.29) is 11.3 Å². The summed E-state index contributed by atoms with van der Waals surface area (Å²) in [5.74, 6) is 0.0674. The molecule has 1 unspecified atom stereocenters. The lowest BCUT2D eigenvalue weighted by molar-refractivity contribution is 0.199. The van der Waals surface area contributed by atoms with Gasteiger partial charge < -0.3 is 4.74 Å². The predicted octanol–water partition coefficient (Wildman–Crippen LogP) is 7.14. The SMILES string of the molecule is CC1(C)c2ccccc2Sc2cccc(-c3ccc(C(=N)OC(N)c4ccccc4)cc3)c21. The second-order valence-electron chi connectivity index (χ2n) is 8.76. The zero-order chi connectivity index (χ0) is 23.0. The Morgan fingerprint density at radius 1 is 0.818 bits per heavy atom. The molecule has 33 heavy (non-hydrogen) atoms. The number of benzene rings is 4. The van der Waals surface area contributed by atoms with Crippen molar-refractivity contribution in [3.8, 4) is 11.1 Å². The fraction of sp³-hybridized carbons (Fsp3) is 0.138. The first kappa shape index (κ1) is 21.5. The summed E-state index contributed by atoms with van der Waals surface area (Å²) >= 11 is 1.84. The molecule has 0 fully saturated rings. The van der Waals surface area contributed by atoms with Gasteiger partial charge in [0, 0.05) is 26.3 Å². The molecule has 0 bridgehead atoms. The predicted molar refractivity (Wildman–Crippen MR) is 136 cm³/mol. The van der Waals surface area contributed by atoms with Gasteiger partial charge in [-0.25, -0.2) is 0 Å². The highest BCUT2D eigenvalue weighted by atomic mass is 32.2. The number of fused-ring (bicyclic) bond motifs is 2. The van der Waals surface area contributed by atoms with Crippen molar-refractivity contribution < 1.29 is 4.74 Å². The fourth-order valence-corrected chi connectivity index (χ4v) is 5.96. The Kier molecular flexibility index (Phi) is 5.57. The minimum absolute atomic E-state index is 0.0674. The number of hydrogen-bond donors (Lipinski definition) is 2. The number of rotatable bonds is 4. The molecule has 3 N–H and O–H groups in total. The second kappa shape index (κ2) is 8.54. The highest BCUT2D eigenvalue weighted by Gasteiger charge is 2.35. The number of nitrogens with two attached hydrogens (primary N) is 1. The summed E-state index contributed by atoms with van der Waals surface area (Å²) in [4.78, 5) is 2.62. The quantitative estimate of drug-likeness (QED) is 0.197. The van der Waals surface area contributed by atoms with Gasteiger partial charge in [0.1, 0.15) is 0 Å². The van der Waals surface area contributed by atoms with E-state index >= 15 is 0 Å². The topological polar surface area (TPSA) is 59.1 Å². The lowest BCUT2D eigenvalue weighted by atomic mass is 9.74. The molecule has 4 heteroatoms. The van der Waals surface area contributed by atoms with Gasteiger partial charge in [-0.2, -0.15) is 0 Å². The molecule has 1 aliphatic rings. The first-order chi connectivity index (χ1) is 15.9. The molecule has 0 aromatic heterocycles. The third-order valence-electron chi connectivity index (χ3n) is 6.26. The van der Waals surface area contributed by atoms with Crippen molar-refractivity contribution >= 4 is 17.7 Å². The number of ether oxygens (including phenoxy) is 1. The fourth-order valence-electron chi connectivity index (χ4n) is 4.53. The Morgan fingerprint density at radius 2 is 1.48 bits per heavy atom. The summed E-state index contributed by atoms with van der Waals surface area (Å²) in [5.41, 5.74) is 12.6. The molecule has 3 nitrogen and oxygen atoms in total. The molecular weight excluding hydrogens is 424 g/mol. The molecule has 0 saturated heterocycles. The van der Waals surface area contributed by atoms with Gasteiger partial charge in [-0.15, -0.1) is 0 Å². The van der Waals surface area contributed by atoms with Crippen LogP contribution >= 0.6 is 11.8 Å². The van der Waals surface area contributed by atoms with Crippen LogP contribution in [0.2, 0.25) is 0 Å². The summed E-state index contributed by atoms with van der Waals surface area (Å²) < 4.78 is 5.69. The van der Waals surface area contributed by atoms with Gasteiger partial charge in [-0.1, -0.05) is 98.4 Å². The largest absolute Gasteiger partial charge is 0.454 e.